The maximum atomic E-state index is 3.50. The van der Waals surface area contributed by atoms with Gasteiger partial charge in [-0.2, -0.15) is 0 Å². The molecule has 0 bridgehead atoms. The average molecular weight is 219 g/mol. The minimum Gasteiger partial charge on any atom is -0.314 e. The number of nitrogens with zero attached hydrogens (tertiary/aromatic N) is 1. The summed E-state index contributed by atoms with van der Waals surface area (Å²) in [6.07, 6.45) is 0. The van der Waals surface area contributed by atoms with Crippen molar-refractivity contribution in [3.8, 4) is 0 Å². The Bertz CT molecular complexity index is 319. The van der Waals surface area contributed by atoms with Gasteiger partial charge in [0.2, 0.25) is 0 Å². The van der Waals surface area contributed by atoms with Crippen LogP contribution < -0.4 is 10.6 Å². The monoisotopic (exact) mass is 219 g/mol. The van der Waals surface area contributed by atoms with E-state index in [1.54, 1.807) is 0 Å². The Morgan fingerprint density at radius 3 is 2.88 bits per heavy atom. The van der Waals surface area contributed by atoms with Gasteiger partial charge in [0.25, 0.3) is 0 Å². The highest BCUT2D eigenvalue weighted by Crippen LogP contribution is 2.03. The molecule has 2 rings (SSSR count). The van der Waals surface area contributed by atoms with Gasteiger partial charge in [-0.25, -0.2) is 0 Å². The lowest BCUT2D eigenvalue weighted by Gasteiger charge is -2.27. The summed E-state index contributed by atoms with van der Waals surface area (Å²) in [6, 6.07) is 8.68. The molecule has 0 unspecified atom stereocenters. The van der Waals surface area contributed by atoms with Crippen LogP contribution in [-0.2, 0) is 6.54 Å². The lowest BCUT2D eigenvalue weighted by atomic mass is 10.1. The van der Waals surface area contributed by atoms with Crippen LogP contribution in [-0.4, -0.2) is 37.7 Å². The molecular formula is C13H21N3. The fraction of sp³-hybridized carbons (Fsp3) is 0.538. The number of hydrogen-bond donors (Lipinski definition) is 2. The van der Waals surface area contributed by atoms with Crippen LogP contribution in [0.3, 0.4) is 0 Å². The molecule has 0 atom stereocenters. The van der Waals surface area contributed by atoms with Crippen molar-refractivity contribution in [1.29, 1.82) is 0 Å². The van der Waals surface area contributed by atoms with Crippen molar-refractivity contribution in [2.75, 3.05) is 32.8 Å². The summed E-state index contributed by atoms with van der Waals surface area (Å²) in [5.74, 6) is 0. The Balaban J connectivity index is 1.71. The molecule has 1 aromatic carbocycles. The van der Waals surface area contributed by atoms with Crippen LogP contribution in [0.25, 0.3) is 0 Å². The number of aryl methyl sites for hydroxylation is 1. The Labute approximate surface area is 97.8 Å². The van der Waals surface area contributed by atoms with Gasteiger partial charge in [-0.3, -0.25) is 4.90 Å². The second-order valence-electron chi connectivity index (χ2n) is 4.44. The molecule has 1 aromatic rings. The van der Waals surface area contributed by atoms with Gasteiger partial charge in [-0.15, -0.1) is 0 Å². The lowest BCUT2D eigenvalue weighted by molar-refractivity contribution is 0.223. The van der Waals surface area contributed by atoms with Gasteiger partial charge in [-0.1, -0.05) is 29.8 Å². The summed E-state index contributed by atoms with van der Waals surface area (Å²) >= 11 is 0. The molecule has 0 saturated carbocycles. The van der Waals surface area contributed by atoms with Crippen molar-refractivity contribution < 1.29 is 0 Å². The zero-order chi connectivity index (χ0) is 11.2. The molecule has 0 radical (unpaired) electrons. The average Bonchev–Trinajstić information content (AvgIpc) is 2.30. The van der Waals surface area contributed by atoms with Crippen LogP contribution in [0.5, 0.6) is 0 Å². The first-order valence-corrected chi connectivity index (χ1v) is 6.04. The SMILES string of the molecule is Cc1cccc(CNCN2CCNCC2)c1. The van der Waals surface area contributed by atoms with E-state index in [0.717, 1.165) is 39.4 Å². The van der Waals surface area contributed by atoms with Crippen molar-refractivity contribution in [3.05, 3.63) is 35.4 Å². The minimum absolute atomic E-state index is 0.964. The second-order valence-corrected chi connectivity index (χ2v) is 4.44. The fourth-order valence-electron chi connectivity index (χ4n) is 2.05. The predicted molar refractivity (Wildman–Crippen MR) is 67.3 cm³/mol. The summed E-state index contributed by atoms with van der Waals surface area (Å²) in [4.78, 5) is 2.45. The van der Waals surface area contributed by atoms with E-state index in [1.165, 1.54) is 11.1 Å². The third kappa shape index (κ3) is 3.59. The molecule has 0 amide bonds. The lowest BCUT2D eigenvalue weighted by Crippen LogP contribution is -2.46. The maximum absolute atomic E-state index is 3.50. The summed E-state index contributed by atoms with van der Waals surface area (Å²) in [7, 11) is 0. The predicted octanol–water partition coefficient (Wildman–Crippen LogP) is 0.947. The molecule has 88 valence electrons. The molecule has 0 aliphatic carbocycles. The van der Waals surface area contributed by atoms with Crippen LogP contribution in [0.1, 0.15) is 11.1 Å². The number of piperazine rings is 1. The van der Waals surface area contributed by atoms with Gasteiger partial charge >= 0.3 is 0 Å². The second kappa shape index (κ2) is 5.99. The number of nitrogens with one attached hydrogen (secondary N) is 2. The summed E-state index contributed by atoms with van der Waals surface area (Å²) in [5, 5.41) is 6.86. The summed E-state index contributed by atoms with van der Waals surface area (Å²) < 4.78 is 0. The van der Waals surface area contributed by atoms with Gasteiger partial charge in [0, 0.05) is 39.4 Å². The van der Waals surface area contributed by atoms with Crippen LogP contribution in [0.2, 0.25) is 0 Å². The number of hydrogen-bond acceptors (Lipinski definition) is 3. The molecule has 1 aliphatic rings. The van der Waals surface area contributed by atoms with Crippen molar-refractivity contribution in [2.45, 2.75) is 13.5 Å². The van der Waals surface area contributed by atoms with E-state index in [0.29, 0.717) is 0 Å². The molecule has 0 spiro atoms. The Morgan fingerprint density at radius 2 is 2.12 bits per heavy atom. The Kier molecular flexibility index (Phi) is 4.34. The van der Waals surface area contributed by atoms with E-state index < -0.39 is 0 Å². The first-order valence-electron chi connectivity index (χ1n) is 6.04. The Hall–Kier alpha value is -0.900. The van der Waals surface area contributed by atoms with E-state index >= 15 is 0 Å². The van der Waals surface area contributed by atoms with Crippen molar-refractivity contribution >= 4 is 0 Å². The largest absolute Gasteiger partial charge is 0.314 e. The quantitative estimate of drug-likeness (QED) is 0.789. The molecule has 3 heteroatoms. The van der Waals surface area contributed by atoms with Gasteiger partial charge in [-0.05, 0) is 12.5 Å². The molecule has 1 aliphatic heterocycles. The third-order valence-corrected chi connectivity index (χ3v) is 2.96. The molecular weight excluding hydrogens is 198 g/mol. The highest BCUT2D eigenvalue weighted by molar-refractivity contribution is 5.21. The standard InChI is InChI=1S/C13H21N3/c1-12-3-2-4-13(9-12)10-15-11-16-7-5-14-6-8-16/h2-4,9,14-15H,5-8,10-11H2,1H3. The van der Waals surface area contributed by atoms with Gasteiger partial charge in [0.15, 0.2) is 0 Å². The van der Waals surface area contributed by atoms with E-state index in [-0.39, 0.29) is 0 Å². The fourth-order valence-corrected chi connectivity index (χ4v) is 2.05. The van der Waals surface area contributed by atoms with Crippen LogP contribution in [0, 0.1) is 6.92 Å². The molecule has 1 heterocycles. The summed E-state index contributed by atoms with van der Waals surface area (Å²) in [6.45, 7) is 8.64. The highest BCUT2D eigenvalue weighted by atomic mass is 15.2. The van der Waals surface area contributed by atoms with E-state index in [2.05, 4.69) is 46.7 Å². The van der Waals surface area contributed by atoms with E-state index in [9.17, 15) is 0 Å². The first kappa shape index (κ1) is 11.6. The normalized spacial score (nSPS) is 17.6. The van der Waals surface area contributed by atoms with Crippen LogP contribution >= 0.6 is 0 Å². The highest BCUT2D eigenvalue weighted by Gasteiger charge is 2.07. The molecule has 16 heavy (non-hydrogen) atoms. The number of rotatable bonds is 4. The summed E-state index contributed by atoms with van der Waals surface area (Å²) in [5.41, 5.74) is 2.71. The van der Waals surface area contributed by atoms with Crippen LogP contribution in [0.4, 0.5) is 0 Å². The smallest absolute Gasteiger partial charge is 0.0484 e. The molecule has 2 N–H and O–H groups in total. The van der Waals surface area contributed by atoms with Crippen molar-refractivity contribution in [3.63, 3.8) is 0 Å². The van der Waals surface area contributed by atoms with E-state index in [1.807, 2.05) is 0 Å². The van der Waals surface area contributed by atoms with Crippen molar-refractivity contribution in [2.24, 2.45) is 0 Å². The molecule has 1 saturated heterocycles. The van der Waals surface area contributed by atoms with Gasteiger partial charge in [0.05, 0.1) is 0 Å². The van der Waals surface area contributed by atoms with Crippen LogP contribution in [0.15, 0.2) is 24.3 Å². The van der Waals surface area contributed by atoms with Crippen molar-refractivity contribution in [1.82, 2.24) is 15.5 Å². The first-order chi connectivity index (χ1) is 7.84. The van der Waals surface area contributed by atoms with Gasteiger partial charge < -0.3 is 10.6 Å². The Morgan fingerprint density at radius 1 is 1.31 bits per heavy atom. The molecule has 3 nitrogen and oxygen atoms in total. The van der Waals surface area contributed by atoms with E-state index in [4.69, 9.17) is 0 Å². The number of benzene rings is 1. The third-order valence-electron chi connectivity index (χ3n) is 2.96. The zero-order valence-electron chi connectivity index (χ0n) is 10.00. The molecule has 1 fully saturated rings. The van der Waals surface area contributed by atoms with Gasteiger partial charge in [0.1, 0.15) is 0 Å². The zero-order valence-corrected chi connectivity index (χ0v) is 10.00. The maximum Gasteiger partial charge on any atom is 0.0484 e. The topological polar surface area (TPSA) is 27.3 Å². The minimum atomic E-state index is 0.964. The molecule has 0 aromatic heterocycles.